The molecule has 1 aromatic heterocycles. The van der Waals surface area contributed by atoms with E-state index < -0.39 is 0 Å². The van der Waals surface area contributed by atoms with E-state index in [2.05, 4.69) is 46.9 Å². The van der Waals surface area contributed by atoms with Crippen molar-refractivity contribution in [1.29, 1.82) is 0 Å². The molecular formula is C17H22N2OS. The number of fused-ring (bicyclic) bond motifs is 1. The van der Waals surface area contributed by atoms with Crippen LogP contribution in [0, 0.1) is 6.92 Å². The number of aryl methyl sites for hydroxylation is 1. The lowest BCUT2D eigenvalue weighted by Crippen LogP contribution is -2.31. The maximum Gasteiger partial charge on any atom is 0.0943 e. The van der Waals surface area contributed by atoms with Gasteiger partial charge in [0.05, 0.1) is 17.7 Å². The Balaban J connectivity index is 1.70. The second-order valence-electron chi connectivity index (χ2n) is 5.62. The Labute approximate surface area is 130 Å². The third-order valence-electron chi connectivity index (χ3n) is 4.09. The zero-order valence-electron chi connectivity index (χ0n) is 12.6. The molecule has 2 aromatic rings. The van der Waals surface area contributed by atoms with Gasteiger partial charge in [-0.25, -0.2) is 4.98 Å². The summed E-state index contributed by atoms with van der Waals surface area (Å²) in [7, 11) is 2.03. The van der Waals surface area contributed by atoms with Crippen LogP contribution in [0.1, 0.15) is 34.4 Å². The number of nitrogens with one attached hydrogen (secondary N) is 1. The Morgan fingerprint density at radius 1 is 1.43 bits per heavy atom. The largest absolute Gasteiger partial charge is 0.373 e. The summed E-state index contributed by atoms with van der Waals surface area (Å²) in [6.07, 6.45) is 3.19. The number of benzene rings is 1. The van der Waals surface area contributed by atoms with Crippen molar-refractivity contribution in [2.24, 2.45) is 0 Å². The smallest absolute Gasteiger partial charge is 0.0943 e. The molecule has 21 heavy (non-hydrogen) atoms. The van der Waals surface area contributed by atoms with Gasteiger partial charge >= 0.3 is 0 Å². The summed E-state index contributed by atoms with van der Waals surface area (Å²) in [5.74, 6) is 0. The molecule has 2 heterocycles. The maximum absolute atomic E-state index is 6.02. The van der Waals surface area contributed by atoms with E-state index in [1.54, 1.807) is 11.3 Å². The van der Waals surface area contributed by atoms with Crippen molar-refractivity contribution in [3.05, 3.63) is 51.5 Å². The molecule has 0 radical (unpaired) electrons. The molecule has 1 aliphatic heterocycles. The topological polar surface area (TPSA) is 34.2 Å². The minimum atomic E-state index is 0.202. The van der Waals surface area contributed by atoms with Crippen LogP contribution in [0.2, 0.25) is 0 Å². The lowest BCUT2D eigenvalue weighted by molar-refractivity contribution is 0.0300. The molecule has 3 rings (SSSR count). The van der Waals surface area contributed by atoms with Crippen LogP contribution in [0.15, 0.2) is 29.6 Å². The van der Waals surface area contributed by atoms with E-state index in [-0.39, 0.29) is 6.10 Å². The molecule has 2 atom stereocenters. The number of rotatable bonds is 5. The molecule has 0 aliphatic carbocycles. The van der Waals surface area contributed by atoms with Crippen molar-refractivity contribution in [2.75, 3.05) is 13.7 Å². The van der Waals surface area contributed by atoms with Gasteiger partial charge in [-0.3, -0.25) is 0 Å². The monoisotopic (exact) mass is 302 g/mol. The number of likely N-dealkylation sites (N-methyl/N-ethyl adjacent to an activating group) is 1. The number of nitrogens with zero attached hydrogens (tertiary/aromatic N) is 1. The zero-order chi connectivity index (χ0) is 14.7. The second kappa shape index (κ2) is 6.69. The van der Waals surface area contributed by atoms with Gasteiger partial charge in [0.25, 0.3) is 0 Å². The number of ether oxygens (including phenoxy) is 1. The third-order valence-corrected chi connectivity index (χ3v) is 5.08. The number of aromatic nitrogens is 1. The molecule has 1 aliphatic rings. The van der Waals surface area contributed by atoms with Gasteiger partial charge in [-0.1, -0.05) is 24.3 Å². The van der Waals surface area contributed by atoms with Crippen LogP contribution in [0.25, 0.3) is 0 Å². The molecule has 0 saturated carbocycles. The summed E-state index contributed by atoms with van der Waals surface area (Å²) < 4.78 is 6.02. The molecule has 0 spiro atoms. The van der Waals surface area contributed by atoms with E-state index in [0.717, 1.165) is 31.6 Å². The van der Waals surface area contributed by atoms with Gasteiger partial charge in [0.15, 0.2) is 0 Å². The molecule has 0 saturated heterocycles. The first-order valence-electron chi connectivity index (χ1n) is 7.54. The van der Waals surface area contributed by atoms with E-state index in [1.807, 2.05) is 7.05 Å². The van der Waals surface area contributed by atoms with Crippen LogP contribution in [-0.4, -0.2) is 24.7 Å². The Hall–Kier alpha value is -1.23. The Morgan fingerprint density at radius 2 is 2.29 bits per heavy atom. The fourth-order valence-electron chi connectivity index (χ4n) is 2.94. The summed E-state index contributed by atoms with van der Waals surface area (Å²) in [6.45, 7) is 2.88. The number of hydrogen-bond donors (Lipinski definition) is 1. The highest BCUT2D eigenvalue weighted by Crippen LogP contribution is 2.31. The Bertz CT molecular complexity index is 596. The minimum Gasteiger partial charge on any atom is -0.373 e. The highest BCUT2D eigenvalue weighted by Gasteiger charge is 2.24. The molecule has 3 nitrogen and oxygen atoms in total. The van der Waals surface area contributed by atoms with Crippen molar-refractivity contribution >= 4 is 11.3 Å². The molecule has 1 N–H and O–H groups in total. The lowest BCUT2D eigenvalue weighted by atomic mass is 9.93. The van der Waals surface area contributed by atoms with Crippen LogP contribution in [0.4, 0.5) is 0 Å². The Kier molecular flexibility index (Phi) is 4.68. The third kappa shape index (κ3) is 3.51. The first-order valence-corrected chi connectivity index (χ1v) is 8.42. The van der Waals surface area contributed by atoms with Crippen molar-refractivity contribution in [3.63, 3.8) is 0 Å². The molecular weight excluding hydrogens is 280 g/mol. The van der Waals surface area contributed by atoms with Gasteiger partial charge in [-0.15, -0.1) is 11.3 Å². The second-order valence-corrected chi connectivity index (χ2v) is 6.56. The molecule has 0 bridgehead atoms. The van der Waals surface area contributed by atoms with Gasteiger partial charge in [0.2, 0.25) is 0 Å². The van der Waals surface area contributed by atoms with E-state index in [0.29, 0.717) is 6.04 Å². The van der Waals surface area contributed by atoms with E-state index in [1.165, 1.54) is 16.1 Å². The number of hydrogen-bond acceptors (Lipinski definition) is 4. The average Bonchev–Trinajstić information content (AvgIpc) is 2.92. The first-order chi connectivity index (χ1) is 10.3. The molecule has 2 unspecified atom stereocenters. The van der Waals surface area contributed by atoms with Crippen LogP contribution >= 0.6 is 11.3 Å². The SMILES string of the molecule is CNC(Cc1nc(C)cs1)CC1OCCc2ccccc21. The predicted octanol–water partition coefficient (Wildman–Crippen LogP) is 3.29. The summed E-state index contributed by atoms with van der Waals surface area (Å²) in [5.41, 5.74) is 3.91. The molecule has 4 heteroatoms. The van der Waals surface area contributed by atoms with Crippen molar-refractivity contribution in [1.82, 2.24) is 10.3 Å². The fourth-order valence-corrected chi connectivity index (χ4v) is 3.79. The van der Waals surface area contributed by atoms with Crippen LogP contribution in [0.5, 0.6) is 0 Å². The van der Waals surface area contributed by atoms with E-state index in [9.17, 15) is 0 Å². The van der Waals surface area contributed by atoms with Crippen LogP contribution in [-0.2, 0) is 17.6 Å². The van der Waals surface area contributed by atoms with E-state index >= 15 is 0 Å². The zero-order valence-corrected chi connectivity index (χ0v) is 13.5. The maximum atomic E-state index is 6.02. The molecule has 0 fully saturated rings. The minimum absolute atomic E-state index is 0.202. The lowest BCUT2D eigenvalue weighted by Gasteiger charge is -2.29. The van der Waals surface area contributed by atoms with Crippen LogP contribution < -0.4 is 5.32 Å². The van der Waals surface area contributed by atoms with Gasteiger partial charge in [0, 0.05) is 23.5 Å². The van der Waals surface area contributed by atoms with Gasteiger partial charge in [-0.2, -0.15) is 0 Å². The van der Waals surface area contributed by atoms with Gasteiger partial charge in [-0.05, 0) is 37.9 Å². The molecule has 1 aromatic carbocycles. The highest BCUT2D eigenvalue weighted by atomic mass is 32.1. The number of thiazole rings is 1. The predicted molar refractivity (Wildman–Crippen MR) is 86.9 cm³/mol. The summed E-state index contributed by atoms with van der Waals surface area (Å²) >= 11 is 1.75. The van der Waals surface area contributed by atoms with Gasteiger partial charge < -0.3 is 10.1 Å². The summed E-state index contributed by atoms with van der Waals surface area (Å²) in [6, 6.07) is 9.06. The van der Waals surface area contributed by atoms with Gasteiger partial charge in [0.1, 0.15) is 0 Å². The fraction of sp³-hybridized carbons (Fsp3) is 0.471. The quantitative estimate of drug-likeness (QED) is 0.920. The van der Waals surface area contributed by atoms with Crippen molar-refractivity contribution < 1.29 is 4.74 Å². The highest BCUT2D eigenvalue weighted by molar-refractivity contribution is 7.09. The molecule has 0 amide bonds. The van der Waals surface area contributed by atoms with Crippen molar-refractivity contribution in [3.8, 4) is 0 Å². The average molecular weight is 302 g/mol. The van der Waals surface area contributed by atoms with E-state index in [4.69, 9.17) is 4.74 Å². The standard InChI is InChI=1S/C17H22N2OS/c1-12-11-21-17(19-12)10-14(18-2)9-16-15-6-4-3-5-13(15)7-8-20-16/h3-6,11,14,16,18H,7-10H2,1-2H3. The summed E-state index contributed by atoms with van der Waals surface area (Å²) in [5, 5.41) is 6.75. The summed E-state index contributed by atoms with van der Waals surface area (Å²) in [4.78, 5) is 4.57. The molecule has 112 valence electrons. The first kappa shape index (κ1) is 14.7. The normalized spacial score (nSPS) is 19.2. The van der Waals surface area contributed by atoms with Crippen LogP contribution in [0.3, 0.4) is 0 Å². The Morgan fingerprint density at radius 3 is 3.05 bits per heavy atom. The van der Waals surface area contributed by atoms with Crippen molar-refractivity contribution in [2.45, 2.75) is 38.3 Å².